The normalized spacial score (nSPS) is 22.5. The standard InChI is InChI=1S/C11H21NO2Si/c1-4-6-10(9-11(13)14)12-7-5-8-15(12,2)3/h4,10H,1,5-9H2,2-3H3,(H,13,14). The van der Waals surface area contributed by atoms with Crippen LogP contribution in [0.2, 0.25) is 19.1 Å². The van der Waals surface area contributed by atoms with Crippen LogP contribution < -0.4 is 0 Å². The number of carboxylic acids is 1. The Labute approximate surface area is 92.9 Å². The Morgan fingerprint density at radius 1 is 1.67 bits per heavy atom. The third kappa shape index (κ3) is 3.17. The molecule has 0 aromatic rings. The quantitative estimate of drug-likeness (QED) is 0.579. The Morgan fingerprint density at radius 2 is 2.33 bits per heavy atom. The maximum atomic E-state index is 10.8. The third-order valence-corrected chi connectivity index (χ3v) is 6.98. The van der Waals surface area contributed by atoms with E-state index in [-0.39, 0.29) is 12.5 Å². The van der Waals surface area contributed by atoms with Crippen LogP contribution in [-0.4, -0.2) is 36.5 Å². The molecule has 1 atom stereocenters. The monoisotopic (exact) mass is 227 g/mol. The van der Waals surface area contributed by atoms with Gasteiger partial charge in [0.2, 0.25) is 0 Å². The topological polar surface area (TPSA) is 40.5 Å². The smallest absolute Gasteiger partial charge is 0.304 e. The zero-order chi connectivity index (χ0) is 11.5. The van der Waals surface area contributed by atoms with E-state index in [9.17, 15) is 4.79 Å². The zero-order valence-electron chi connectivity index (χ0n) is 9.70. The van der Waals surface area contributed by atoms with Crippen molar-refractivity contribution in [3.8, 4) is 0 Å². The SMILES string of the molecule is C=CCC(CC(=O)O)N1CCC[Si]1(C)C. The van der Waals surface area contributed by atoms with E-state index in [1.54, 1.807) is 0 Å². The summed E-state index contributed by atoms with van der Waals surface area (Å²) in [7, 11) is -1.31. The van der Waals surface area contributed by atoms with Crippen LogP contribution in [0.3, 0.4) is 0 Å². The van der Waals surface area contributed by atoms with E-state index < -0.39 is 14.2 Å². The van der Waals surface area contributed by atoms with Crippen molar-refractivity contribution in [3.05, 3.63) is 12.7 Å². The van der Waals surface area contributed by atoms with Gasteiger partial charge in [-0.1, -0.05) is 19.2 Å². The molecule has 1 rings (SSSR count). The van der Waals surface area contributed by atoms with Crippen LogP contribution in [0, 0.1) is 0 Å². The Balaban J connectivity index is 2.70. The van der Waals surface area contributed by atoms with Crippen LogP contribution in [0.15, 0.2) is 12.7 Å². The molecule has 1 unspecified atom stereocenters. The highest BCUT2D eigenvalue weighted by molar-refractivity contribution is 6.75. The van der Waals surface area contributed by atoms with E-state index in [1.165, 1.54) is 12.5 Å². The Kier molecular flexibility index (Phi) is 4.10. The molecule has 0 aliphatic carbocycles. The van der Waals surface area contributed by atoms with Gasteiger partial charge < -0.3 is 9.67 Å². The van der Waals surface area contributed by atoms with Crippen molar-refractivity contribution in [2.75, 3.05) is 6.54 Å². The van der Waals surface area contributed by atoms with Gasteiger partial charge in [0.15, 0.2) is 0 Å². The van der Waals surface area contributed by atoms with E-state index in [0.29, 0.717) is 0 Å². The van der Waals surface area contributed by atoms with E-state index in [4.69, 9.17) is 5.11 Å². The van der Waals surface area contributed by atoms with Crippen molar-refractivity contribution >= 4 is 14.2 Å². The maximum absolute atomic E-state index is 10.8. The van der Waals surface area contributed by atoms with Crippen LogP contribution in [0.1, 0.15) is 19.3 Å². The molecule has 15 heavy (non-hydrogen) atoms. The van der Waals surface area contributed by atoms with Gasteiger partial charge in [-0.15, -0.1) is 6.58 Å². The molecule has 1 aliphatic heterocycles. The lowest BCUT2D eigenvalue weighted by Gasteiger charge is -2.36. The van der Waals surface area contributed by atoms with Crippen LogP contribution >= 0.6 is 0 Å². The van der Waals surface area contributed by atoms with Crippen LogP contribution in [0.4, 0.5) is 0 Å². The van der Waals surface area contributed by atoms with Gasteiger partial charge in [-0.2, -0.15) is 0 Å². The van der Waals surface area contributed by atoms with Crippen LogP contribution in [0.5, 0.6) is 0 Å². The van der Waals surface area contributed by atoms with Crippen molar-refractivity contribution in [1.82, 2.24) is 4.57 Å². The molecular weight excluding hydrogens is 206 g/mol. The van der Waals surface area contributed by atoms with Crippen molar-refractivity contribution in [3.63, 3.8) is 0 Å². The van der Waals surface area contributed by atoms with Gasteiger partial charge in [0.25, 0.3) is 0 Å². The predicted molar refractivity (Wildman–Crippen MR) is 64.5 cm³/mol. The maximum Gasteiger partial charge on any atom is 0.304 e. The number of rotatable bonds is 5. The highest BCUT2D eigenvalue weighted by Gasteiger charge is 2.38. The fraction of sp³-hybridized carbons (Fsp3) is 0.727. The highest BCUT2D eigenvalue weighted by Crippen LogP contribution is 2.30. The van der Waals surface area contributed by atoms with E-state index >= 15 is 0 Å². The number of hydrogen-bond acceptors (Lipinski definition) is 2. The number of carboxylic acid groups (broad SMARTS) is 1. The Hall–Kier alpha value is -0.613. The first-order valence-electron chi connectivity index (χ1n) is 5.57. The molecule has 0 aromatic heterocycles. The lowest BCUT2D eigenvalue weighted by molar-refractivity contribution is -0.138. The van der Waals surface area contributed by atoms with Gasteiger partial charge in [-0.05, 0) is 25.4 Å². The fourth-order valence-corrected chi connectivity index (χ4v) is 5.78. The lowest BCUT2D eigenvalue weighted by Crippen LogP contribution is -2.49. The molecule has 86 valence electrons. The molecule has 1 fully saturated rings. The number of hydrogen-bond donors (Lipinski definition) is 1. The predicted octanol–water partition coefficient (Wildman–Crippen LogP) is 2.32. The average molecular weight is 227 g/mol. The second-order valence-corrected chi connectivity index (χ2v) is 9.58. The summed E-state index contributed by atoms with van der Waals surface area (Å²) < 4.78 is 2.46. The number of carbonyl (C=O) groups is 1. The van der Waals surface area contributed by atoms with E-state index in [1.807, 2.05) is 6.08 Å². The molecule has 1 aliphatic rings. The molecule has 0 bridgehead atoms. The van der Waals surface area contributed by atoms with Gasteiger partial charge in [0.1, 0.15) is 8.24 Å². The summed E-state index contributed by atoms with van der Waals surface area (Å²) in [6.07, 6.45) is 4.12. The molecule has 3 nitrogen and oxygen atoms in total. The summed E-state index contributed by atoms with van der Waals surface area (Å²) >= 11 is 0. The van der Waals surface area contributed by atoms with Crippen molar-refractivity contribution in [2.24, 2.45) is 0 Å². The Morgan fingerprint density at radius 3 is 2.73 bits per heavy atom. The minimum atomic E-state index is -1.31. The summed E-state index contributed by atoms with van der Waals surface area (Å²) in [6, 6.07) is 1.46. The lowest BCUT2D eigenvalue weighted by atomic mass is 10.1. The largest absolute Gasteiger partial charge is 0.481 e. The minimum Gasteiger partial charge on any atom is -0.481 e. The molecule has 1 saturated heterocycles. The minimum absolute atomic E-state index is 0.171. The number of nitrogens with zero attached hydrogens (tertiary/aromatic N) is 1. The molecule has 0 spiro atoms. The molecule has 1 N–H and O–H groups in total. The van der Waals surface area contributed by atoms with Crippen molar-refractivity contribution < 1.29 is 9.90 Å². The molecular formula is C11H21NO2Si. The van der Waals surface area contributed by atoms with Crippen molar-refractivity contribution in [1.29, 1.82) is 0 Å². The summed E-state index contributed by atoms with van der Waals surface area (Å²) in [6.45, 7) is 9.46. The second kappa shape index (κ2) is 4.94. The summed E-state index contributed by atoms with van der Waals surface area (Å²) in [5, 5.41) is 8.90. The molecule has 4 heteroatoms. The first kappa shape index (κ1) is 12.5. The first-order valence-corrected chi connectivity index (χ1v) is 8.72. The second-order valence-electron chi connectivity index (χ2n) is 4.89. The molecule has 0 amide bonds. The van der Waals surface area contributed by atoms with Crippen LogP contribution in [0.25, 0.3) is 0 Å². The average Bonchev–Trinajstić information content (AvgIpc) is 2.43. The van der Waals surface area contributed by atoms with Gasteiger partial charge in [0.05, 0.1) is 6.42 Å². The van der Waals surface area contributed by atoms with Gasteiger partial charge >= 0.3 is 5.97 Å². The fourth-order valence-electron chi connectivity index (χ4n) is 2.52. The highest BCUT2D eigenvalue weighted by atomic mass is 28.3. The van der Waals surface area contributed by atoms with Gasteiger partial charge in [-0.3, -0.25) is 4.79 Å². The number of aliphatic carboxylic acids is 1. The molecule has 1 heterocycles. The molecule has 0 radical (unpaired) electrons. The van der Waals surface area contributed by atoms with E-state index in [2.05, 4.69) is 24.2 Å². The Bertz CT molecular complexity index is 253. The molecule has 0 aromatic carbocycles. The third-order valence-electron chi connectivity index (χ3n) is 3.25. The van der Waals surface area contributed by atoms with Gasteiger partial charge in [0, 0.05) is 6.04 Å². The van der Waals surface area contributed by atoms with Crippen LogP contribution in [-0.2, 0) is 4.79 Å². The van der Waals surface area contributed by atoms with Gasteiger partial charge in [-0.25, -0.2) is 0 Å². The summed E-state index contributed by atoms with van der Waals surface area (Å²) in [5.41, 5.74) is 0. The molecule has 0 saturated carbocycles. The van der Waals surface area contributed by atoms with E-state index in [0.717, 1.165) is 13.0 Å². The first-order chi connectivity index (χ1) is 6.97. The summed E-state index contributed by atoms with van der Waals surface area (Å²) in [5.74, 6) is -0.696. The zero-order valence-corrected chi connectivity index (χ0v) is 10.7. The summed E-state index contributed by atoms with van der Waals surface area (Å²) in [4.78, 5) is 10.8. The van der Waals surface area contributed by atoms with Crippen molar-refractivity contribution in [2.45, 2.75) is 44.4 Å².